The lowest BCUT2D eigenvalue weighted by Gasteiger charge is -2.24. The third-order valence-electron chi connectivity index (χ3n) is 6.97. The molecule has 0 radical (unpaired) electrons. The molecule has 31 heavy (non-hydrogen) atoms. The molecule has 5 heteroatoms. The number of amides is 2. The van der Waals surface area contributed by atoms with E-state index in [1.165, 1.54) is 29.4 Å². The fraction of sp³-hybridized carbons (Fsp3) is 0.385. The summed E-state index contributed by atoms with van der Waals surface area (Å²) in [6, 6.07) is 18.9. The maximum Gasteiger partial charge on any atom is 0.225 e. The summed E-state index contributed by atoms with van der Waals surface area (Å²) in [4.78, 5) is 30.9. The van der Waals surface area contributed by atoms with Gasteiger partial charge in [0.25, 0.3) is 0 Å². The SMILES string of the molecule is O=C(NC[C@H](c1ccccc1)c1c[nH]c2ccccc12)[C@@H]1CC(=O)N(C2CCCC2)C1. The number of hydrogen-bond acceptors (Lipinski definition) is 2. The molecule has 1 saturated heterocycles. The summed E-state index contributed by atoms with van der Waals surface area (Å²) < 4.78 is 0. The molecular weight excluding hydrogens is 386 g/mol. The van der Waals surface area contributed by atoms with Crippen molar-refractivity contribution < 1.29 is 9.59 Å². The van der Waals surface area contributed by atoms with E-state index in [1.807, 2.05) is 35.2 Å². The standard InChI is InChI=1S/C26H29N3O2/c30-25-14-19(17-29(25)20-10-4-5-11-20)26(31)28-15-22(18-8-2-1-3-9-18)23-16-27-24-13-7-6-12-21(23)24/h1-3,6-9,12-13,16,19-20,22,27H,4-5,10-11,14-15,17H2,(H,28,31)/t19-,22-/m1/s1. The zero-order valence-corrected chi connectivity index (χ0v) is 17.7. The summed E-state index contributed by atoms with van der Waals surface area (Å²) in [6.45, 7) is 1.08. The number of aromatic nitrogens is 1. The summed E-state index contributed by atoms with van der Waals surface area (Å²) in [6.07, 6.45) is 6.93. The van der Waals surface area contributed by atoms with E-state index >= 15 is 0 Å². The van der Waals surface area contributed by atoms with Crippen LogP contribution in [0.2, 0.25) is 0 Å². The van der Waals surface area contributed by atoms with Crippen LogP contribution in [0.4, 0.5) is 0 Å². The second-order valence-corrected chi connectivity index (χ2v) is 8.88. The minimum Gasteiger partial charge on any atom is -0.361 e. The molecule has 2 N–H and O–H groups in total. The van der Waals surface area contributed by atoms with Crippen molar-refractivity contribution in [2.45, 2.75) is 44.1 Å². The predicted molar refractivity (Wildman–Crippen MR) is 122 cm³/mol. The van der Waals surface area contributed by atoms with Crippen molar-refractivity contribution in [3.63, 3.8) is 0 Å². The van der Waals surface area contributed by atoms with Gasteiger partial charge < -0.3 is 15.2 Å². The Balaban J connectivity index is 1.32. The molecule has 5 rings (SSSR count). The van der Waals surface area contributed by atoms with E-state index in [0.717, 1.165) is 18.4 Å². The highest BCUT2D eigenvalue weighted by atomic mass is 16.2. The van der Waals surface area contributed by atoms with Gasteiger partial charge in [0.05, 0.1) is 5.92 Å². The molecule has 2 atom stereocenters. The van der Waals surface area contributed by atoms with Crippen LogP contribution in [-0.2, 0) is 9.59 Å². The number of aromatic amines is 1. The lowest BCUT2D eigenvalue weighted by Crippen LogP contribution is -2.38. The first-order chi connectivity index (χ1) is 15.2. The van der Waals surface area contributed by atoms with Crippen LogP contribution in [-0.4, -0.2) is 40.8 Å². The number of hydrogen-bond donors (Lipinski definition) is 2. The van der Waals surface area contributed by atoms with E-state index in [-0.39, 0.29) is 23.7 Å². The van der Waals surface area contributed by atoms with Crippen LogP contribution in [0.25, 0.3) is 10.9 Å². The van der Waals surface area contributed by atoms with Crippen LogP contribution >= 0.6 is 0 Å². The van der Waals surface area contributed by atoms with Crippen molar-refractivity contribution >= 4 is 22.7 Å². The smallest absolute Gasteiger partial charge is 0.225 e. The normalized spacial score (nSPS) is 20.5. The monoisotopic (exact) mass is 415 g/mol. The molecule has 1 aromatic heterocycles. The number of fused-ring (bicyclic) bond motifs is 1. The molecule has 3 aromatic rings. The number of likely N-dealkylation sites (tertiary alicyclic amines) is 1. The van der Waals surface area contributed by atoms with E-state index < -0.39 is 0 Å². The van der Waals surface area contributed by atoms with E-state index in [4.69, 9.17) is 0 Å². The molecule has 1 aliphatic carbocycles. The molecule has 0 spiro atoms. The summed E-state index contributed by atoms with van der Waals surface area (Å²) in [5, 5.41) is 4.35. The Morgan fingerprint density at radius 2 is 1.81 bits per heavy atom. The van der Waals surface area contributed by atoms with Crippen LogP contribution in [0.5, 0.6) is 0 Å². The third kappa shape index (κ3) is 3.97. The summed E-state index contributed by atoms with van der Waals surface area (Å²) in [7, 11) is 0. The number of nitrogens with zero attached hydrogens (tertiary/aromatic N) is 1. The zero-order valence-electron chi connectivity index (χ0n) is 17.7. The minimum atomic E-state index is -0.243. The van der Waals surface area contributed by atoms with E-state index in [9.17, 15) is 9.59 Å². The molecule has 2 amide bonds. The largest absolute Gasteiger partial charge is 0.361 e. The fourth-order valence-corrected chi connectivity index (χ4v) is 5.30. The molecule has 2 aromatic carbocycles. The van der Waals surface area contributed by atoms with Crippen molar-refractivity contribution in [3.05, 3.63) is 71.9 Å². The average Bonchev–Trinajstić information content (AvgIpc) is 3.54. The topological polar surface area (TPSA) is 65.2 Å². The first-order valence-corrected chi connectivity index (χ1v) is 11.4. The lowest BCUT2D eigenvalue weighted by molar-refractivity contribution is -0.130. The number of carbonyl (C=O) groups is 2. The first-order valence-electron chi connectivity index (χ1n) is 11.4. The number of para-hydroxylation sites is 1. The molecular formula is C26H29N3O2. The first kappa shape index (κ1) is 19.9. The van der Waals surface area contributed by atoms with Gasteiger partial charge in [0.1, 0.15) is 0 Å². The maximum absolute atomic E-state index is 13.0. The highest BCUT2D eigenvalue weighted by Gasteiger charge is 2.38. The number of rotatable bonds is 6. The average molecular weight is 416 g/mol. The van der Waals surface area contributed by atoms with Gasteiger partial charge in [-0.1, -0.05) is 61.4 Å². The molecule has 5 nitrogen and oxygen atoms in total. The van der Waals surface area contributed by atoms with Gasteiger partial charge in [0.2, 0.25) is 11.8 Å². The number of carbonyl (C=O) groups excluding carboxylic acids is 2. The number of H-pyrrole nitrogens is 1. The van der Waals surface area contributed by atoms with Gasteiger partial charge in [-0.2, -0.15) is 0 Å². The molecule has 0 bridgehead atoms. The Bertz CT molecular complexity index is 1070. The van der Waals surface area contributed by atoms with Gasteiger partial charge >= 0.3 is 0 Å². The third-order valence-corrected chi connectivity index (χ3v) is 6.97. The van der Waals surface area contributed by atoms with E-state index in [0.29, 0.717) is 25.6 Å². The highest BCUT2D eigenvalue weighted by Crippen LogP contribution is 2.32. The number of nitrogens with one attached hydrogen (secondary N) is 2. The second-order valence-electron chi connectivity index (χ2n) is 8.88. The van der Waals surface area contributed by atoms with Gasteiger partial charge in [-0.3, -0.25) is 9.59 Å². The molecule has 2 fully saturated rings. The van der Waals surface area contributed by atoms with Gasteiger partial charge in [-0.05, 0) is 30.0 Å². The summed E-state index contributed by atoms with van der Waals surface area (Å²) in [5.41, 5.74) is 3.44. The van der Waals surface area contributed by atoms with Gasteiger partial charge in [-0.25, -0.2) is 0 Å². The molecule has 1 aliphatic heterocycles. The Hall–Kier alpha value is -3.08. The molecule has 160 valence electrons. The Labute approximate surface area is 182 Å². The van der Waals surface area contributed by atoms with E-state index in [1.54, 1.807) is 0 Å². The van der Waals surface area contributed by atoms with Crippen LogP contribution in [0.15, 0.2) is 60.8 Å². The van der Waals surface area contributed by atoms with Gasteiger partial charge in [-0.15, -0.1) is 0 Å². The zero-order chi connectivity index (χ0) is 21.2. The van der Waals surface area contributed by atoms with Crippen LogP contribution in [0.1, 0.15) is 49.1 Å². The van der Waals surface area contributed by atoms with Crippen molar-refractivity contribution in [2.75, 3.05) is 13.1 Å². The highest BCUT2D eigenvalue weighted by molar-refractivity contribution is 5.89. The Kier molecular flexibility index (Phi) is 5.49. The van der Waals surface area contributed by atoms with Crippen molar-refractivity contribution in [1.82, 2.24) is 15.2 Å². The summed E-state index contributed by atoms with van der Waals surface area (Å²) in [5.74, 6) is -0.0604. The van der Waals surface area contributed by atoms with Crippen molar-refractivity contribution in [1.29, 1.82) is 0 Å². The lowest BCUT2D eigenvalue weighted by atomic mass is 9.90. The quantitative estimate of drug-likeness (QED) is 0.633. The van der Waals surface area contributed by atoms with Gasteiger partial charge in [0.15, 0.2) is 0 Å². The van der Waals surface area contributed by atoms with Crippen molar-refractivity contribution in [3.8, 4) is 0 Å². The van der Waals surface area contributed by atoms with E-state index in [2.05, 4.69) is 40.8 Å². The molecule has 2 heterocycles. The molecule has 0 unspecified atom stereocenters. The van der Waals surface area contributed by atoms with Crippen LogP contribution < -0.4 is 5.32 Å². The minimum absolute atomic E-state index is 0.00498. The maximum atomic E-state index is 13.0. The second kappa shape index (κ2) is 8.58. The fourth-order valence-electron chi connectivity index (χ4n) is 5.30. The Morgan fingerprint density at radius 1 is 1.06 bits per heavy atom. The molecule has 1 saturated carbocycles. The predicted octanol–water partition coefficient (Wildman–Crippen LogP) is 4.21. The van der Waals surface area contributed by atoms with Gasteiger partial charge in [0, 0.05) is 48.6 Å². The van der Waals surface area contributed by atoms with Crippen LogP contribution in [0, 0.1) is 5.92 Å². The Morgan fingerprint density at radius 3 is 2.61 bits per heavy atom. The summed E-state index contributed by atoms with van der Waals surface area (Å²) >= 11 is 0. The van der Waals surface area contributed by atoms with Crippen LogP contribution in [0.3, 0.4) is 0 Å². The van der Waals surface area contributed by atoms with Crippen molar-refractivity contribution in [2.24, 2.45) is 5.92 Å². The number of benzene rings is 2. The molecule has 2 aliphatic rings.